The van der Waals surface area contributed by atoms with Gasteiger partial charge in [-0.15, -0.1) is 0 Å². The van der Waals surface area contributed by atoms with Crippen LogP contribution >= 0.6 is 0 Å². The van der Waals surface area contributed by atoms with Gasteiger partial charge in [0.2, 0.25) is 0 Å². The van der Waals surface area contributed by atoms with Crippen molar-refractivity contribution in [3.8, 4) is 0 Å². The van der Waals surface area contributed by atoms with Crippen molar-refractivity contribution >= 4 is 17.6 Å². The monoisotopic (exact) mass is 210 g/mol. The molecule has 0 spiro atoms. The molecule has 15 heavy (non-hydrogen) atoms. The molecule has 0 atom stereocenters. The van der Waals surface area contributed by atoms with Gasteiger partial charge in [0.25, 0.3) is 0 Å². The molecule has 0 aliphatic heterocycles. The highest BCUT2D eigenvalue weighted by atomic mass is 16.4. The average molecular weight is 210 g/mol. The van der Waals surface area contributed by atoms with Crippen molar-refractivity contribution in [2.75, 3.05) is 17.6 Å². The van der Waals surface area contributed by atoms with Crippen LogP contribution in [0.1, 0.15) is 30.3 Å². The van der Waals surface area contributed by atoms with Crippen LogP contribution < -0.4 is 11.1 Å². The molecule has 0 saturated carbocycles. The predicted octanol–water partition coefficient (Wildman–Crippen LogP) is 0.969. The molecule has 0 bridgehead atoms. The SMILES string of the molecule is CCCCNc1cnc(C(=O)O)c(N)n1. The summed E-state index contributed by atoms with van der Waals surface area (Å²) in [6, 6.07) is 0. The summed E-state index contributed by atoms with van der Waals surface area (Å²) in [4.78, 5) is 18.2. The van der Waals surface area contributed by atoms with Gasteiger partial charge < -0.3 is 16.2 Å². The number of carboxylic acid groups (broad SMARTS) is 1. The van der Waals surface area contributed by atoms with Crippen LogP contribution in [0.5, 0.6) is 0 Å². The number of hydrogen-bond donors (Lipinski definition) is 3. The van der Waals surface area contributed by atoms with E-state index >= 15 is 0 Å². The van der Waals surface area contributed by atoms with Crippen LogP contribution in [0.3, 0.4) is 0 Å². The number of nitrogens with zero attached hydrogens (tertiary/aromatic N) is 2. The second-order valence-corrected chi connectivity index (χ2v) is 3.07. The van der Waals surface area contributed by atoms with Crippen molar-refractivity contribution in [3.05, 3.63) is 11.9 Å². The molecule has 82 valence electrons. The van der Waals surface area contributed by atoms with E-state index in [9.17, 15) is 4.79 Å². The summed E-state index contributed by atoms with van der Waals surface area (Å²) < 4.78 is 0. The maximum atomic E-state index is 10.6. The largest absolute Gasteiger partial charge is 0.476 e. The number of anilines is 2. The summed E-state index contributed by atoms with van der Waals surface area (Å²) in [6.07, 6.45) is 3.46. The molecule has 0 unspecified atom stereocenters. The van der Waals surface area contributed by atoms with Crippen LogP contribution in [0, 0.1) is 0 Å². The van der Waals surface area contributed by atoms with Crippen molar-refractivity contribution in [1.82, 2.24) is 9.97 Å². The molecule has 1 aromatic heterocycles. The molecular formula is C9H14N4O2. The van der Waals surface area contributed by atoms with E-state index in [2.05, 4.69) is 22.2 Å². The normalized spacial score (nSPS) is 9.93. The van der Waals surface area contributed by atoms with E-state index in [0.717, 1.165) is 19.4 Å². The number of aromatic carboxylic acids is 1. The van der Waals surface area contributed by atoms with Gasteiger partial charge in [-0.3, -0.25) is 0 Å². The number of nitrogen functional groups attached to an aromatic ring is 1. The molecular weight excluding hydrogens is 196 g/mol. The summed E-state index contributed by atoms with van der Waals surface area (Å²) >= 11 is 0. The van der Waals surface area contributed by atoms with Crippen LogP contribution in [-0.4, -0.2) is 27.6 Å². The minimum absolute atomic E-state index is 0.0657. The number of unbranched alkanes of at least 4 members (excludes halogenated alkanes) is 1. The zero-order chi connectivity index (χ0) is 11.3. The molecule has 0 saturated heterocycles. The lowest BCUT2D eigenvalue weighted by atomic mass is 10.3. The van der Waals surface area contributed by atoms with Gasteiger partial charge in [-0.2, -0.15) is 0 Å². The number of nitrogens with two attached hydrogens (primary N) is 1. The summed E-state index contributed by atoms with van der Waals surface area (Å²) in [5, 5.41) is 11.7. The van der Waals surface area contributed by atoms with Crippen molar-refractivity contribution in [2.45, 2.75) is 19.8 Å². The van der Waals surface area contributed by atoms with Crippen LogP contribution in [-0.2, 0) is 0 Å². The highest BCUT2D eigenvalue weighted by Crippen LogP contribution is 2.09. The molecule has 0 aliphatic carbocycles. The molecule has 1 rings (SSSR count). The topological polar surface area (TPSA) is 101 Å². The zero-order valence-corrected chi connectivity index (χ0v) is 8.53. The van der Waals surface area contributed by atoms with Gasteiger partial charge >= 0.3 is 5.97 Å². The Morgan fingerprint density at radius 2 is 2.40 bits per heavy atom. The minimum atomic E-state index is -1.17. The molecule has 4 N–H and O–H groups in total. The molecule has 0 amide bonds. The molecule has 0 radical (unpaired) electrons. The van der Waals surface area contributed by atoms with Gasteiger partial charge in [-0.25, -0.2) is 14.8 Å². The molecule has 1 heterocycles. The fourth-order valence-corrected chi connectivity index (χ4v) is 1.05. The summed E-state index contributed by atoms with van der Waals surface area (Å²) in [7, 11) is 0. The van der Waals surface area contributed by atoms with E-state index in [-0.39, 0.29) is 11.5 Å². The number of carboxylic acids is 1. The average Bonchev–Trinajstić information content (AvgIpc) is 2.17. The lowest BCUT2D eigenvalue weighted by Gasteiger charge is -2.05. The van der Waals surface area contributed by atoms with E-state index in [4.69, 9.17) is 10.8 Å². The van der Waals surface area contributed by atoms with Crippen LogP contribution in [0.4, 0.5) is 11.6 Å². The Morgan fingerprint density at radius 1 is 1.67 bits per heavy atom. The summed E-state index contributed by atoms with van der Waals surface area (Å²) in [6.45, 7) is 2.85. The molecule has 0 aromatic carbocycles. The Kier molecular flexibility index (Phi) is 3.84. The number of aromatic nitrogens is 2. The first-order chi connectivity index (χ1) is 7.15. The third-order valence-corrected chi connectivity index (χ3v) is 1.84. The van der Waals surface area contributed by atoms with Gasteiger partial charge in [-0.05, 0) is 6.42 Å². The molecule has 6 nitrogen and oxygen atoms in total. The lowest BCUT2D eigenvalue weighted by Crippen LogP contribution is -2.10. The number of rotatable bonds is 5. The summed E-state index contributed by atoms with van der Waals surface area (Å²) in [5.41, 5.74) is 5.22. The maximum absolute atomic E-state index is 10.6. The van der Waals surface area contributed by atoms with E-state index in [1.807, 2.05) is 0 Å². The number of carbonyl (C=O) groups is 1. The second-order valence-electron chi connectivity index (χ2n) is 3.07. The van der Waals surface area contributed by atoms with Crippen LogP contribution in [0.25, 0.3) is 0 Å². The summed E-state index contributed by atoms with van der Waals surface area (Å²) in [5.74, 6) is -0.727. The maximum Gasteiger partial charge on any atom is 0.358 e. The van der Waals surface area contributed by atoms with Crippen LogP contribution in [0.15, 0.2) is 6.20 Å². The van der Waals surface area contributed by atoms with Gasteiger partial charge in [0, 0.05) is 6.54 Å². The first-order valence-corrected chi connectivity index (χ1v) is 4.74. The van der Waals surface area contributed by atoms with Crippen molar-refractivity contribution in [1.29, 1.82) is 0 Å². The smallest absolute Gasteiger partial charge is 0.358 e. The molecule has 6 heteroatoms. The fraction of sp³-hybridized carbons (Fsp3) is 0.444. The highest BCUT2D eigenvalue weighted by molar-refractivity contribution is 5.90. The molecule has 0 aliphatic rings. The third kappa shape index (κ3) is 3.08. The standard InChI is InChI=1S/C9H14N4O2/c1-2-3-4-11-6-5-12-7(9(14)15)8(10)13-6/h5H,2-4H2,1H3,(H,14,15)(H3,10,11,13). The third-order valence-electron chi connectivity index (χ3n) is 1.84. The van der Waals surface area contributed by atoms with E-state index in [1.165, 1.54) is 6.20 Å². The quantitative estimate of drug-likeness (QED) is 0.626. The second kappa shape index (κ2) is 5.14. The Bertz CT molecular complexity index is 354. The van der Waals surface area contributed by atoms with Crippen LogP contribution in [0.2, 0.25) is 0 Å². The Hall–Kier alpha value is -1.85. The number of hydrogen-bond acceptors (Lipinski definition) is 5. The van der Waals surface area contributed by atoms with Gasteiger partial charge in [-0.1, -0.05) is 13.3 Å². The Morgan fingerprint density at radius 3 is 2.93 bits per heavy atom. The van der Waals surface area contributed by atoms with Crippen molar-refractivity contribution in [2.24, 2.45) is 0 Å². The van der Waals surface area contributed by atoms with E-state index < -0.39 is 5.97 Å². The Labute approximate surface area is 87.5 Å². The highest BCUT2D eigenvalue weighted by Gasteiger charge is 2.10. The van der Waals surface area contributed by atoms with Crippen molar-refractivity contribution in [3.63, 3.8) is 0 Å². The lowest BCUT2D eigenvalue weighted by molar-refractivity contribution is 0.0691. The van der Waals surface area contributed by atoms with Gasteiger partial charge in [0.05, 0.1) is 6.20 Å². The first kappa shape index (κ1) is 11.2. The van der Waals surface area contributed by atoms with Crippen molar-refractivity contribution < 1.29 is 9.90 Å². The van der Waals surface area contributed by atoms with E-state index in [0.29, 0.717) is 5.82 Å². The first-order valence-electron chi connectivity index (χ1n) is 4.74. The Balaban J connectivity index is 2.69. The fourth-order valence-electron chi connectivity index (χ4n) is 1.05. The molecule has 0 fully saturated rings. The van der Waals surface area contributed by atoms with E-state index in [1.54, 1.807) is 0 Å². The predicted molar refractivity (Wildman–Crippen MR) is 56.8 cm³/mol. The minimum Gasteiger partial charge on any atom is -0.476 e. The van der Waals surface area contributed by atoms with Gasteiger partial charge in [0.1, 0.15) is 5.82 Å². The zero-order valence-electron chi connectivity index (χ0n) is 8.53. The molecule has 1 aromatic rings. The van der Waals surface area contributed by atoms with Gasteiger partial charge in [0.15, 0.2) is 11.5 Å². The number of nitrogens with one attached hydrogen (secondary N) is 1.